The summed E-state index contributed by atoms with van der Waals surface area (Å²) in [5.74, 6) is 1.68. The van der Waals surface area contributed by atoms with Gasteiger partial charge in [-0.2, -0.15) is 0 Å². The number of fused-ring (bicyclic) bond motifs is 2. The Kier molecular flexibility index (Phi) is 3.43. The second-order valence-electron chi connectivity index (χ2n) is 6.17. The van der Waals surface area contributed by atoms with Crippen LogP contribution in [0.15, 0.2) is 30.3 Å². The van der Waals surface area contributed by atoms with E-state index in [1.807, 2.05) is 0 Å². The Morgan fingerprint density at radius 1 is 1.17 bits per heavy atom. The minimum Gasteiger partial charge on any atom is -0.300 e. The van der Waals surface area contributed by atoms with Gasteiger partial charge in [0.2, 0.25) is 0 Å². The van der Waals surface area contributed by atoms with Crippen LogP contribution in [0.5, 0.6) is 0 Å². The molecule has 0 N–H and O–H groups in total. The summed E-state index contributed by atoms with van der Waals surface area (Å²) < 4.78 is 0. The molecule has 0 spiro atoms. The van der Waals surface area contributed by atoms with Crippen LogP contribution in [-0.2, 0) is 0 Å². The third kappa shape index (κ3) is 1.99. The van der Waals surface area contributed by atoms with Gasteiger partial charge in [-0.05, 0) is 50.1 Å². The van der Waals surface area contributed by atoms with E-state index in [1.165, 1.54) is 32.1 Å². The molecule has 0 radical (unpaired) electrons. The Labute approximate surface area is 111 Å². The van der Waals surface area contributed by atoms with Crippen molar-refractivity contribution in [2.75, 3.05) is 7.05 Å². The molecule has 2 heterocycles. The van der Waals surface area contributed by atoms with Gasteiger partial charge in [0, 0.05) is 12.1 Å². The van der Waals surface area contributed by atoms with Crippen LogP contribution in [0.4, 0.5) is 0 Å². The van der Waals surface area contributed by atoms with Crippen LogP contribution in [0.1, 0.15) is 50.5 Å². The van der Waals surface area contributed by atoms with Crippen molar-refractivity contribution in [1.82, 2.24) is 4.90 Å². The molecule has 4 atom stereocenters. The van der Waals surface area contributed by atoms with Crippen LogP contribution < -0.4 is 0 Å². The molecule has 0 aliphatic carbocycles. The Hall–Kier alpha value is -0.820. The van der Waals surface area contributed by atoms with Gasteiger partial charge in [-0.15, -0.1) is 0 Å². The first kappa shape index (κ1) is 12.2. The van der Waals surface area contributed by atoms with Gasteiger partial charge in [-0.25, -0.2) is 0 Å². The van der Waals surface area contributed by atoms with Crippen LogP contribution in [-0.4, -0.2) is 24.0 Å². The summed E-state index contributed by atoms with van der Waals surface area (Å²) in [7, 11) is 2.35. The van der Waals surface area contributed by atoms with Crippen LogP contribution in [0.2, 0.25) is 0 Å². The Balaban J connectivity index is 1.89. The van der Waals surface area contributed by atoms with Crippen molar-refractivity contribution in [2.45, 2.75) is 57.0 Å². The van der Waals surface area contributed by atoms with Crippen molar-refractivity contribution in [3.8, 4) is 0 Å². The Bertz CT molecular complexity index is 386. The van der Waals surface area contributed by atoms with E-state index in [4.69, 9.17) is 0 Å². The number of hydrogen-bond acceptors (Lipinski definition) is 1. The minimum atomic E-state index is 0.805. The number of rotatable bonds is 3. The lowest BCUT2D eigenvalue weighted by Crippen LogP contribution is -2.45. The van der Waals surface area contributed by atoms with Gasteiger partial charge in [-0.3, -0.25) is 0 Å². The van der Waals surface area contributed by atoms with E-state index in [2.05, 4.69) is 49.2 Å². The van der Waals surface area contributed by atoms with Gasteiger partial charge in [0.25, 0.3) is 0 Å². The molecular weight excluding hydrogens is 218 g/mol. The van der Waals surface area contributed by atoms with Crippen LogP contribution in [0, 0.1) is 5.92 Å². The highest BCUT2D eigenvalue weighted by Crippen LogP contribution is 2.47. The smallest absolute Gasteiger partial charge is 0.0130 e. The minimum absolute atomic E-state index is 0.805. The van der Waals surface area contributed by atoms with E-state index in [1.54, 1.807) is 5.56 Å². The molecule has 0 saturated carbocycles. The summed E-state index contributed by atoms with van der Waals surface area (Å²) in [6.07, 6.45) is 6.94. The van der Waals surface area contributed by atoms with Crippen LogP contribution in [0.25, 0.3) is 0 Å². The lowest BCUT2D eigenvalue weighted by Gasteiger charge is -2.43. The van der Waals surface area contributed by atoms with Crippen LogP contribution in [0.3, 0.4) is 0 Å². The lowest BCUT2D eigenvalue weighted by molar-refractivity contribution is 0.0940. The van der Waals surface area contributed by atoms with Crippen LogP contribution >= 0.6 is 0 Å². The van der Waals surface area contributed by atoms with E-state index in [0.29, 0.717) is 0 Å². The Morgan fingerprint density at radius 2 is 1.94 bits per heavy atom. The molecule has 1 aromatic rings. The number of nitrogens with zero attached hydrogens (tertiary/aromatic N) is 1. The molecule has 3 rings (SSSR count). The van der Waals surface area contributed by atoms with E-state index in [-0.39, 0.29) is 0 Å². The van der Waals surface area contributed by atoms with Crippen molar-refractivity contribution < 1.29 is 0 Å². The summed E-state index contributed by atoms with van der Waals surface area (Å²) in [6.45, 7) is 2.34. The fourth-order valence-electron chi connectivity index (χ4n) is 4.39. The third-order valence-corrected chi connectivity index (χ3v) is 5.28. The predicted octanol–water partition coefficient (Wildman–Crippen LogP) is 4.05. The summed E-state index contributed by atoms with van der Waals surface area (Å²) in [5, 5.41) is 0. The summed E-state index contributed by atoms with van der Waals surface area (Å²) >= 11 is 0. The maximum absolute atomic E-state index is 2.68. The van der Waals surface area contributed by atoms with E-state index < -0.39 is 0 Å². The zero-order valence-corrected chi connectivity index (χ0v) is 11.7. The van der Waals surface area contributed by atoms with Crippen molar-refractivity contribution in [3.05, 3.63) is 35.9 Å². The highest BCUT2D eigenvalue weighted by molar-refractivity contribution is 5.23. The molecule has 1 unspecified atom stereocenters. The molecule has 0 amide bonds. The molecule has 2 saturated heterocycles. The van der Waals surface area contributed by atoms with Gasteiger partial charge in [-0.1, -0.05) is 43.7 Å². The van der Waals surface area contributed by atoms with Gasteiger partial charge in [0.05, 0.1) is 0 Å². The molecular formula is C17H25N. The molecule has 0 aromatic heterocycles. The average molecular weight is 243 g/mol. The zero-order valence-electron chi connectivity index (χ0n) is 11.7. The topological polar surface area (TPSA) is 3.24 Å². The van der Waals surface area contributed by atoms with Gasteiger partial charge in [0.15, 0.2) is 0 Å². The first-order valence-electron chi connectivity index (χ1n) is 7.58. The maximum atomic E-state index is 2.68. The predicted molar refractivity (Wildman–Crippen MR) is 76.8 cm³/mol. The van der Waals surface area contributed by atoms with E-state index in [0.717, 1.165) is 23.9 Å². The third-order valence-electron chi connectivity index (χ3n) is 5.28. The Morgan fingerprint density at radius 3 is 2.67 bits per heavy atom. The molecule has 2 aliphatic heterocycles. The van der Waals surface area contributed by atoms with Crippen molar-refractivity contribution >= 4 is 0 Å². The molecule has 2 bridgehead atoms. The van der Waals surface area contributed by atoms with Gasteiger partial charge in [0.1, 0.15) is 0 Å². The molecule has 98 valence electrons. The largest absolute Gasteiger partial charge is 0.300 e. The summed E-state index contributed by atoms with van der Waals surface area (Å²) in [5.41, 5.74) is 1.58. The van der Waals surface area contributed by atoms with Gasteiger partial charge >= 0.3 is 0 Å². The fraction of sp³-hybridized carbons (Fsp3) is 0.647. The standard InChI is InChI=1S/C17H25N/c1-3-7-15-16(13-8-5-4-6-9-13)12-14-10-11-17(15)18(14)2/h4-6,8-9,14-17H,3,7,10-12H2,1-2H3/t14-,15-,16+,17?/m1/s1. The van der Waals surface area contributed by atoms with Crippen molar-refractivity contribution in [1.29, 1.82) is 0 Å². The molecule has 2 fully saturated rings. The second-order valence-corrected chi connectivity index (χ2v) is 6.17. The average Bonchev–Trinajstić information content (AvgIpc) is 2.65. The zero-order chi connectivity index (χ0) is 12.5. The highest BCUT2D eigenvalue weighted by Gasteiger charge is 2.45. The molecule has 1 aromatic carbocycles. The van der Waals surface area contributed by atoms with E-state index >= 15 is 0 Å². The van der Waals surface area contributed by atoms with Crippen molar-refractivity contribution in [2.24, 2.45) is 5.92 Å². The molecule has 18 heavy (non-hydrogen) atoms. The second kappa shape index (κ2) is 5.05. The monoisotopic (exact) mass is 243 g/mol. The summed E-state index contributed by atoms with van der Waals surface area (Å²) in [4.78, 5) is 2.68. The first-order valence-corrected chi connectivity index (χ1v) is 7.58. The number of piperidine rings is 1. The van der Waals surface area contributed by atoms with E-state index in [9.17, 15) is 0 Å². The van der Waals surface area contributed by atoms with Crippen molar-refractivity contribution in [3.63, 3.8) is 0 Å². The maximum Gasteiger partial charge on any atom is 0.0130 e. The molecule has 2 aliphatic rings. The molecule has 1 nitrogen and oxygen atoms in total. The first-order chi connectivity index (χ1) is 8.81. The lowest BCUT2D eigenvalue weighted by atomic mass is 9.74. The van der Waals surface area contributed by atoms with Gasteiger partial charge < -0.3 is 4.90 Å². The number of benzene rings is 1. The quantitative estimate of drug-likeness (QED) is 0.774. The molecule has 1 heteroatoms. The normalized spacial score (nSPS) is 35.9. The number of hydrogen-bond donors (Lipinski definition) is 0. The SMILES string of the molecule is CCC[C@H]1C2CC[C@H](C[C@H]1c1ccccc1)N2C. The summed E-state index contributed by atoms with van der Waals surface area (Å²) in [6, 6.07) is 12.9. The highest BCUT2D eigenvalue weighted by atomic mass is 15.2. The fourth-order valence-corrected chi connectivity index (χ4v) is 4.39.